The first-order valence-electron chi connectivity index (χ1n) is 6.84. The third-order valence-corrected chi connectivity index (χ3v) is 4.96. The van der Waals surface area contributed by atoms with Crippen LogP contribution in [0.25, 0.3) is 0 Å². The zero-order valence-electron chi connectivity index (χ0n) is 11.0. The van der Waals surface area contributed by atoms with E-state index >= 15 is 0 Å². The Morgan fingerprint density at radius 2 is 1.90 bits per heavy atom. The lowest BCUT2D eigenvalue weighted by Gasteiger charge is -2.13. The van der Waals surface area contributed by atoms with Crippen LogP contribution >= 0.6 is 11.8 Å². The molecule has 1 fully saturated rings. The minimum Gasteiger partial charge on any atom is -0.239 e. The molecule has 21 heavy (non-hydrogen) atoms. The summed E-state index contributed by atoms with van der Waals surface area (Å²) in [5.41, 5.74) is -0.133. The highest BCUT2D eigenvalue weighted by atomic mass is 32.2. The van der Waals surface area contributed by atoms with E-state index in [0.29, 0.717) is 10.4 Å². The lowest BCUT2D eigenvalue weighted by molar-refractivity contribution is 0.323. The summed E-state index contributed by atoms with van der Waals surface area (Å²) in [6, 6.07) is 2.89. The number of rotatable bonds is 3. The molecule has 3 nitrogen and oxygen atoms in total. The van der Waals surface area contributed by atoms with Gasteiger partial charge < -0.3 is 0 Å². The average molecular weight is 311 g/mol. The van der Waals surface area contributed by atoms with Crippen molar-refractivity contribution in [1.82, 2.24) is 14.8 Å². The standard InChI is InChI=1S/C14H12F3N3S/c15-8-2-1-3-9(16)12(8)11-6-10(17)13-18-14(19-20(11)13)21-7-4-5-7/h1-3,7,10-11H,4-6H2/t10-,11-/m0/s1. The summed E-state index contributed by atoms with van der Waals surface area (Å²) < 4.78 is 43.3. The molecule has 0 amide bonds. The van der Waals surface area contributed by atoms with E-state index in [1.54, 1.807) is 0 Å². The number of halogens is 3. The maximum Gasteiger partial charge on any atom is 0.209 e. The monoisotopic (exact) mass is 311 g/mol. The van der Waals surface area contributed by atoms with E-state index in [-0.39, 0.29) is 17.8 Å². The minimum absolute atomic E-state index is 0.0262. The highest BCUT2D eigenvalue weighted by molar-refractivity contribution is 8.00. The van der Waals surface area contributed by atoms with E-state index in [2.05, 4.69) is 10.1 Å². The van der Waals surface area contributed by atoms with Gasteiger partial charge in [-0.15, -0.1) is 5.10 Å². The second-order valence-electron chi connectivity index (χ2n) is 5.37. The zero-order valence-corrected chi connectivity index (χ0v) is 11.8. The van der Waals surface area contributed by atoms with Crippen LogP contribution in [0.1, 0.15) is 42.9 Å². The van der Waals surface area contributed by atoms with Crippen LogP contribution in [0.2, 0.25) is 0 Å². The number of fused-ring (bicyclic) bond motifs is 1. The second-order valence-corrected chi connectivity index (χ2v) is 6.64. The van der Waals surface area contributed by atoms with Gasteiger partial charge in [-0.1, -0.05) is 17.8 Å². The summed E-state index contributed by atoms with van der Waals surface area (Å²) in [7, 11) is 0. The first-order valence-corrected chi connectivity index (χ1v) is 7.72. The van der Waals surface area contributed by atoms with E-state index in [4.69, 9.17) is 0 Å². The van der Waals surface area contributed by atoms with Gasteiger partial charge in [0.2, 0.25) is 5.16 Å². The van der Waals surface area contributed by atoms with Gasteiger partial charge in [0, 0.05) is 17.2 Å². The van der Waals surface area contributed by atoms with Crippen molar-refractivity contribution in [1.29, 1.82) is 0 Å². The molecule has 2 aliphatic rings. The lowest BCUT2D eigenvalue weighted by atomic mass is 10.0. The summed E-state index contributed by atoms with van der Waals surface area (Å²) in [4.78, 5) is 4.18. The van der Waals surface area contributed by atoms with E-state index in [1.165, 1.54) is 34.6 Å². The Labute approximate surface area is 123 Å². The van der Waals surface area contributed by atoms with Crippen molar-refractivity contribution in [2.75, 3.05) is 0 Å². The van der Waals surface area contributed by atoms with Crippen molar-refractivity contribution in [2.24, 2.45) is 0 Å². The Morgan fingerprint density at radius 3 is 2.57 bits per heavy atom. The normalized spacial score (nSPS) is 24.3. The minimum atomic E-state index is -1.34. The van der Waals surface area contributed by atoms with E-state index in [1.807, 2.05) is 0 Å². The van der Waals surface area contributed by atoms with Gasteiger partial charge in [-0.2, -0.15) is 0 Å². The fourth-order valence-corrected chi connectivity index (χ4v) is 3.56. The molecule has 0 radical (unpaired) electrons. The number of aromatic nitrogens is 3. The Hall–Kier alpha value is -1.50. The van der Waals surface area contributed by atoms with Crippen molar-refractivity contribution < 1.29 is 13.2 Å². The Kier molecular flexibility index (Phi) is 2.99. The quantitative estimate of drug-likeness (QED) is 0.863. The summed E-state index contributed by atoms with van der Waals surface area (Å²) in [6.45, 7) is 0. The van der Waals surface area contributed by atoms with Gasteiger partial charge in [0.25, 0.3) is 0 Å². The number of nitrogens with zero attached hydrogens (tertiary/aromatic N) is 3. The third kappa shape index (κ3) is 2.23. The molecule has 1 saturated carbocycles. The molecule has 0 saturated heterocycles. The molecule has 110 valence electrons. The SMILES string of the molecule is Fc1cccc(F)c1[C@@H]1C[C@H](F)c2nc(SC3CC3)nn21. The maximum atomic E-state index is 14.1. The lowest BCUT2D eigenvalue weighted by Crippen LogP contribution is -2.11. The largest absolute Gasteiger partial charge is 0.239 e. The number of hydrogen-bond acceptors (Lipinski definition) is 3. The van der Waals surface area contributed by atoms with Crippen molar-refractivity contribution in [3.05, 3.63) is 41.2 Å². The first kappa shape index (κ1) is 13.2. The summed E-state index contributed by atoms with van der Waals surface area (Å²) in [6.07, 6.45) is 0.856. The van der Waals surface area contributed by atoms with Crippen LogP contribution in [0.3, 0.4) is 0 Å². The van der Waals surface area contributed by atoms with Gasteiger partial charge in [-0.3, -0.25) is 0 Å². The molecular formula is C14H12F3N3S. The highest BCUT2D eigenvalue weighted by Crippen LogP contribution is 2.44. The number of benzene rings is 1. The van der Waals surface area contributed by atoms with Gasteiger partial charge in [-0.05, 0) is 25.0 Å². The van der Waals surface area contributed by atoms with Crippen LogP contribution in [-0.2, 0) is 0 Å². The second kappa shape index (κ2) is 4.76. The number of hydrogen-bond donors (Lipinski definition) is 0. The van der Waals surface area contributed by atoms with Gasteiger partial charge in [0.1, 0.15) is 11.6 Å². The predicted molar refractivity (Wildman–Crippen MR) is 71.9 cm³/mol. The molecule has 2 heterocycles. The fraction of sp³-hybridized carbons (Fsp3) is 0.429. The molecule has 7 heteroatoms. The molecule has 0 bridgehead atoms. The van der Waals surface area contributed by atoms with Crippen molar-refractivity contribution >= 4 is 11.8 Å². The molecule has 0 N–H and O–H groups in total. The maximum absolute atomic E-state index is 14.1. The molecule has 4 rings (SSSR count). The van der Waals surface area contributed by atoms with Crippen LogP contribution in [0, 0.1) is 11.6 Å². The van der Waals surface area contributed by atoms with Crippen LogP contribution in [-0.4, -0.2) is 20.0 Å². The molecule has 1 aliphatic carbocycles. The summed E-state index contributed by atoms with van der Waals surface area (Å²) >= 11 is 1.50. The molecule has 1 aromatic carbocycles. The van der Waals surface area contributed by atoms with Gasteiger partial charge in [-0.25, -0.2) is 22.8 Å². The molecule has 1 aliphatic heterocycles. The Balaban J connectivity index is 1.74. The van der Waals surface area contributed by atoms with Crippen LogP contribution in [0.4, 0.5) is 13.2 Å². The smallest absolute Gasteiger partial charge is 0.209 e. The summed E-state index contributed by atoms with van der Waals surface area (Å²) in [5.74, 6) is -1.18. The Morgan fingerprint density at radius 1 is 1.19 bits per heavy atom. The van der Waals surface area contributed by atoms with Crippen molar-refractivity contribution in [3.8, 4) is 0 Å². The average Bonchev–Trinajstić information content (AvgIpc) is 3.06. The van der Waals surface area contributed by atoms with Crippen LogP contribution < -0.4 is 0 Å². The van der Waals surface area contributed by atoms with Gasteiger partial charge in [0.05, 0.1) is 6.04 Å². The molecule has 1 aromatic heterocycles. The predicted octanol–water partition coefficient (Wildman–Crippen LogP) is 3.81. The zero-order chi connectivity index (χ0) is 14.6. The van der Waals surface area contributed by atoms with Crippen molar-refractivity contribution in [3.63, 3.8) is 0 Å². The highest BCUT2D eigenvalue weighted by Gasteiger charge is 2.38. The fourth-order valence-electron chi connectivity index (χ4n) is 2.61. The molecular weight excluding hydrogens is 299 g/mol. The number of thioether (sulfide) groups is 1. The van der Waals surface area contributed by atoms with Crippen molar-refractivity contribution in [2.45, 2.75) is 41.9 Å². The van der Waals surface area contributed by atoms with E-state index in [0.717, 1.165) is 12.8 Å². The molecule has 0 spiro atoms. The first-order chi connectivity index (χ1) is 10.1. The third-order valence-electron chi connectivity index (χ3n) is 3.77. The van der Waals surface area contributed by atoms with E-state index in [9.17, 15) is 13.2 Å². The van der Waals surface area contributed by atoms with Crippen LogP contribution in [0.15, 0.2) is 23.4 Å². The van der Waals surface area contributed by atoms with Gasteiger partial charge >= 0.3 is 0 Å². The van der Waals surface area contributed by atoms with E-state index < -0.39 is 23.8 Å². The molecule has 0 unspecified atom stereocenters. The Bertz CT molecular complexity index is 679. The van der Waals surface area contributed by atoms with Gasteiger partial charge in [0.15, 0.2) is 12.0 Å². The molecule has 2 atom stereocenters. The summed E-state index contributed by atoms with van der Waals surface area (Å²) in [5, 5.41) is 5.25. The molecule has 2 aromatic rings. The van der Waals surface area contributed by atoms with Crippen LogP contribution in [0.5, 0.6) is 0 Å². The topological polar surface area (TPSA) is 30.7 Å². The number of alkyl halides is 1.